The second-order valence-electron chi connectivity index (χ2n) is 13.9. The van der Waals surface area contributed by atoms with Crippen molar-refractivity contribution in [2.24, 2.45) is 10.8 Å². The molecule has 0 aliphatic carbocycles. The Bertz CT molecular complexity index is 1660. The Hall–Kier alpha value is -3.36. The van der Waals surface area contributed by atoms with Gasteiger partial charge in [-0.1, -0.05) is 81.3 Å². The van der Waals surface area contributed by atoms with Crippen molar-refractivity contribution in [1.29, 1.82) is 0 Å². The number of phenolic OH excluding ortho intramolecular Hbond substituents is 2. The molecule has 2 unspecified atom stereocenters. The summed E-state index contributed by atoms with van der Waals surface area (Å²) in [6.07, 6.45) is 0.788. The molecule has 0 bridgehead atoms. The van der Waals surface area contributed by atoms with Gasteiger partial charge in [0.2, 0.25) is 0 Å². The number of esters is 2. The lowest BCUT2D eigenvalue weighted by Crippen LogP contribution is -2.27. The zero-order valence-corrected chi connectivity index (χ0v) is 29.5. The van der Waals surface area contributed by atoms with Crippen LogP contribution in [-0.2, 0) is 9.47 Å². The third-order valence-corrected chi connectivity index (χ3v) is 10.5. The Morgan fingerprint density at radius 3 is 1.67 bits per heavy atom. The minimum atomic E-state index is -0.629. The van der Waals surface area contributed by atoms with Crippen molar-refractivity contribution >= 4 is 38.4 Å². The molecule has 8 heteroatoms. The highest BCUT2D eigenvalue weighted by molar-refractivity contribution is 8.80. The number of ether oxygens (including phenoxy) is 2. The van der Waals surface area contributed by atoms with Crippen LogP contribution in [-0.4, -0.2) is 27.9 Å². The molecule has 45 heavy (non-hydrogen) atoms. The van der Waals surface area contributed by atoms with Crippen LogP contribution in [0.3, 0.4) is 0 Å². The van der Waals surface area contributed by atoms with Gasteiger partial charge >= 0.3 is 11.9 Å². The molecule has 1 heterocycles. The molecule has 1 aliphatic rings. The van der Waals surface area contributed by atoms with E-state index in [0.29, 0.717) is 27.8 Å². The lowest BCUT2D eigenvalue weighted by molar-refractivity contribution is -0.00541. The molecule has 4 rings (SSSR count). The molecule has 3 aromatic carbocycles. The number of carbonyl (C=O) groups is 2. The first kappa shape index (κ1) is 34.5. The third-order valence-electron chi connectivity index (χ3n) is 8.18. The van der Waals surface area contributed by atoms with Crippen LogP contribution in [0, 0.1) is 38.5 Å². The molecule has 0 amide bonds. The number of hydrogen-bond acceptors (Lipinski definition) is 8. The van der Waals surface area contributed by atoms with Gasteiger partial charge in [-0.25, -0.2) is 9.59 Å². The summed E-state index contributed by atoms with van der Waals surface area (Å²) < 4.78 is 12.5. The Labute approximate surface area is 275 Å². The van der Waals surface area contributed by atoms with E-state index in [4.69, 9.17) is 9.47 Å². The van der Waals surface area contributed by atoms with E-state index in [9.17, 15) is 19.8 Å². The predicted octanol–water partition coefficient (Wildman–Crippen LogP) is 9.96. The summed E-state index contributed by atoms with van der Waals surface area (Å²) in [6.45, 7) is 19.5. The minimum Gasteiger partial charge on any atom is -0.508 e. The van der Waals surface area contributed by atoms with Gasteiger partial charge in [0.05, 0.1) is 11.1 Å². The largest absolute Gasteiger partial charge is 0.508 e. The van der Waals surface area contributed by atoms with Crippen LogP contribution in [0.25, 0.3) is 4.91 Å². The van der Waals surface area contributed by atoms with Crippen molar-refractivity contribution in [2.45, 2.75) is 81.4 Å². The van der Waals surface area contributed by atoms with Gasteiger partial charge in [0.25, 0.3) is 0 Å². The average Bonchev–Trinajstić information content (AvgIpc) is 3.50. The molecule has 0 aromatic heterocycles. The number of phenols is 2. The summed E-state index contributed by atoms with van der Waals surface area (Å²) in [6, 6.07) is 11.9. The lowest BCUT2D eigenvalue weighted by atomic mass is 9.81. The van der Waals surface area contributed by atoms with E-state index < -0.39 is 35.0 Å². The zero-order chi connectivity index (χ0) is 33.4. The fourth-order valence-electron chi connectivity index (χ4n) is 5.64. The first-order valence-corrected chi connectivity index (χ1v) is 17.4. The molecule has 0 fully saturated rings. The molecule has 2 atom stereocenters. The minimum absolute atomic E-state index is 0.151. The van der Waals surface area contributed by atoms with Crippen molar-refractivity contribution in [1.82, 2.24) is 0 Å². The summed E-state index contributed by atoms with van der Waals surface area (Å²) in [5.41, 5.74) is 5.12. The van der Waals surface area contributed by atoms with Gasteiger partial charge in [0.15, 0.2) is 0 Å². The molecular formula is C37H44O6S2. The maximum atomic E-state index is 14.0. The van der Waals surface area contributed by atoms with E-state index in [1.54, 1.807) is 51.9 Å². The highest BCUT2D eigenvalue weighted by Crippen LogP contribution is 2.46. The summed E-state index contributed by atoms with van der Waals surface area (Å²) >= 11 is 0. The number of hydrogen-bond donors (Lipinski definition) is 2. The maximum absolute atomic E-state index is 14.0. The summed E-state index contributed by atoms with van der Waals surface area (Å²) in [5.74, 6) is 0.0477. The van der Waals surface area contributed by atoms with Crippen LogP contribution in [0.5, 0.6) is 11.5 Å². The van der Waals surface area contributed by atoms with Gasteiger partial charge in [-0.05, 0) is 80.3 Å². The Morgan fingerprint density at radius 2 is 1.22 bits per heavy atom. The normalized spacial score (nSPS) is 14.9. The Kier molecular flexibility index (Phi) is 10.1. The smallest absolute Gasteiger partial charge is 0.339 e. The second kappa shape index (κ2) is 13.2. The first-order valence-electron chi connectivity index (χ1n) is 15.1. The Morgan fingerprint density at radius 1 is 0.733 bits per heavy atom. The van der Waals surface area contributed by atoms with Gasteiger partial charge in [-0.15, -0.1) is 0 Å². The highest BCUT2D eigenvalue weighted by atomic mass is 33.1. The van der Waals surface area contributed by atoms with Crippen molar-refractivity contribution in [3.63, 3.8) is 0 Å². The maximum Gasteiger partial charge on any atom is 0.339 e. The van der Waals surface area contributed by atoms with Gasteiger partial charge in [0.1, 0.15) is 23.7 Å². The van der Waals surface area contributed by atoms with E-state index in [2.05, 4.69) is 0 Å². The van der Waals surface area contributed by atoms with Crippen LogP contribution >= 0.6 is 21.6 Å². The van der Waals surface area contributed by atoms with Crippen LogP contribution < -0.4 is 0 Å². The molecule has 2 N–H and O–H groups in total. The molecule has 3 aromatic rings. The molecular weight excluding hydrogens is 605 g/mol. The molecule has 240 valence electrons. The SMILES string of the molecule is Cc1ccc(O)c(C)c1C(OC(=O)c1ccc(C(=O)OC(c2c(C)ccc(O)c2C)C(C)(C)C)c(C2=CCSS2)c1)C(C)(C)C. The molecule has 0 saturated carbocycles. The molecule has 6 nitrogen and oxygen atoms in total. The number of aryl methyl sites for hydroxylation is 2. The second-order valence-corrected chi connectivity index (χ2v) is 16.3. The standard InChI is InChI=1S/C37H44O6S2/c1-20-11-15-27(38)22(3)30(20)32(36(5,6)7)42-34(40)24-13-14-25(26(19-24)29-17-18-44-45-29)35(41)43-33(37(8,9)10)31-21(2)12-16-28(39)23(31)4/h11-17,19,32-33,38-39H,18H2,1-10H3. The van der Waals surface area contributed by atoms with Crippen molar-refractivity contribution in [3.8, 4) is 11.5 Å². The van der Waals surface area contributed by atoms with Crippen LogP contribution in [0.2, 0.25) is 0 Å². The van der Waals surface area contributed by atoms with Crippen LogP contribution in [0.1, 0.15) is 113 Å². The van der Waals surface area contributed by atoms with Crippen LogP contribution in [0.15, 0.2) is 48.5 Å². The van der Waals surface area contributed by atoms with E-state index in [0.717, 1.165) is 32.9 Å². The highest BCUT2D eigenvalue weighted by Gasteiger charge is 2.36. The van der Waals surface area contributed by atoms with Crippen molar-refractivity contribution < 1.29 is 29.3 Å². The molecule has 0 saturated heterocycles. The zero-order valence-electron chi connectivity index (χ0n) is 27.8. The van der Waals surface area contributed by atoms with E-state index >= 15 is 0 Å². The summed E-state index contributed by atoms with van der Waals surface area (Å²) in [5, 5.41) is 20.9. The molecule has 0 radical (unpaired) electrons. The van der Waals surface area contributed by atoms with Crippen molar-refractivity contribution in [3.05, 3.63) is 98.6 Å². The third kappa shape index (κ3) is 7.39. The fourth-order valence-corrected chi connectivity index (χ4v) is 7.85. The van der Waals surface area contributed by atoms with Gasteiger partial charge in [-0.3, -0.25) is 0 Å². The molecule has 0 spiro atoms. The van der Waals surface area contributed by atoms with Gasteiger partial charge < -0.3 is 19.7 Å². The monoisotopic (exact) mass is 648 g/mol. The number of benzene rings is 3. The van der Waals surface area contributed by atoms with E-state index in [1.807, 2.05) is 87.4 Å². The molecule has 1 aliphatic heterocycles. The van der Waals surface area contributed by atoms with Crippen molar-refractivity contribution in [2.75, 3.05) is 5.75 Å². The summed E-state index contributed by atoms with van der Waals surface area (Å²) in [4.78, 5) is 28.6. The lowest BCUT2D eigenvalue weighted by Gasteiger charge is -2.33. The Balaban J connectivity index is 1.74. The number of aromatic hydroxyl groups is 2. The van der Waals surface area contributed by atoms with Crippen LogP contribution in [0.4, 0.5) is 0 Å². The average molecular weight is 649 g/mol. The first-order chi connectivity index (χ1) is 20.9. The van der Waals surface area contributed by atoms with Gasteiger partial charge in [0, 0.05) is 38.2 Å². The van der Waals surface area contributed by atoms with Gasteiger partial charge in [-0.2, -0.15) is 0 Å². The topological polar surface area (TPSA) is 93.1 Å². The fraction of sp³-hybridized carbons (Fsp3) is 0.405. The number of rotatable bonds is 7. The predicted molar refractivity (Wildman–Crippen MR) is 185 cm³/mol. The summed E-state index contributed by atoms with van der Waals surface area (Å²) in [7, 11) is 3.21. The van der Waals surface area contributed by atoms with E-state index in [-0.39, 0.29) is 11.5 Å². The number of carbonyl (C=O) groups excluding carboxylic acids is 2. The van der Waals surface area contributed by atoms with E-state index in [1.165, 1.54) is 0 Å². The quantitative estimate of drug-likeness (QED) is 0.193.